The third kappa shape index (κ3) is 5.07. The first-order valence-corrected chi connectivity index (χ1v) is 6.64. The second kappa shape index (κ2) is 7.39. The van der Waals surface area contributed by atoms with Gasteiger partial charge in [0, 0.05) is 6.54 Å². The minimum absolute atomic E-state index is 0.823. The van der Waals surface area contributed by atoms with E-state index in [1.165, 1.54) is 11.1 Å². The number of furan rings is 1. The van der Waals surface area contributed by atoms with Crippen LogP contribution in [-0.2, 0) is 13.1 Å². The van der Waals surface area contributed by atoms with Crippen molar-refractivity contribution in [3.8, 4) is 0 Å². The SMILES string of the molecule is C=C(C)CN(C)Cc1cc(C)c(CNCCC)o1. The van der Waals surface area contributed by atoms with E-state index in [4.69, 9.17) is 4.42 Å². The summed E-state index contributed by atoms with van der Waals surface area (Å²) in [6.45, 7) is 13.8. The largest absolute Gasteiger partial charge is 0.463 e. The van der Waals surface area contributed by atoms with Gasteiger partial charge < -0.3 is 9.73 Å². The van der Waals surface area contributed by atoms with Gasteiger partial charge in [-0.3, -0.25) is 4.90 Å². The van der Waals surface area contributed by atoms with Crippen LogP contribution in [-0.4, -0.2) is 25.0 Å². The molecule has 1 N–H and O–H groups in total. The lowest BCUT2D eigenvalue weighted by atomic mass is 10.2. The molecule has 0 spiro atoms. The van der Waals surface area contributed by atoms with Crippen LogP contribution in [0.15, 0.2) is 22.6 Å². The van der Waals surface area contributed by atoms with Crippen molar-refractivity contribution in [1.82, 2.24) is 10.2 Å². The van der Waals surface area contributed by atoms with Crippen LogP contribution in [0.4, 0.5) is 0 Å². The van der Waals surface area contributed by atoms with Gasteiger partial charge in [-0.05, 0) is 45.5 Å². The molecule has 0 radical (unpaired) electrons. The zero-order valence-electron chi connectivity index (χ0n) is 12.2. The van der Waals surface area contributed by atoms with Crippen molar-refractivity contribution in [2.75, 3.05) is 20.1 Å². The van der Waals surface area contributed by atoms with Crippen molar-refractivity contribution in [3.63, 3.8) is 0 Å². The lowest BCUT2D eigenvalue weighted by Gasteiger charge is -2.14. The average Bonchev–Trinajstić information content (AvgIpc) is 2.58. The summed E-state index contributed by atoms with van der Waals surface area (Å²) in [4.78, 5) is 2.21. The second-order valence-electron chi connectivity index (χ2n) is 5.13. The summed E-state index contributed by atoms with van der Waals surface area (Å²) >= 11 is 0. The molecule has 0 saturated heterocycles. The molecular weight excluding hydrogens is 224 g/mol. The Morgan fingerprint density at radius 1 is 1.50 bits per heavy atom. The Labute approximate surface area is 111 Å². The van der Waals surface area contributed by atoms with Crippen molar-refractivity contribution in [3.05, 3.63) is 35.3 Å². The fraction of sp³-hybridized carbons (Fsp3) is 0.600. The maximum Gasteiger partial charge on any atom is 0.120 e. The molecule has 0 atom stereocenters. The third-order valence-electron chi connectivity index (χ3n) is 2.75. The Kier molecular flexibility index (Phi) is 6.16. The summed E-state index contributed by atoms with van der Waals surface area (Å²) in [5.74, 6) is 2.09. The second-order valence-corrected chi connectivity index (χ2v) is 5.13. The minimum atomic E-state index is 0.823. The fourth-order valence-corrected chi connectivity index (χ4v) is 2.01. The van der Waals surface area contributed by atoms with Gasteiger partial charge in [0.2, 0.25) is 0 Å². The Hall–Kier alpha value is -1.06. The van der Waals surface area contributed by atoms with Gasteiger partial charge in [-0.25, -0.2) is 0 Å². The predicted octanol–water partition coefficient (Wildman–Crippen LogP) is 3.10. The van der Waals surface area contributed by atoms with Gasteiger partial charge in [0.15, 0.2) is 0 Å². The highest BCUT2D eigenvalue weighted by Gasteiger charge is 2.09. The van der Waals surface area contributed by atoms with Gasteiger partial charge in [-0.15, -0.1) is 0 Å². The number of likely N-dealkylation sites (N-methyl/N-ethyl adjacent to an activating group) is 1. The molecule has 0 unspecified atom stereocenters. The Morgan fingerprint density at radius 3 is 2.83 bits per heavy atom. The molecule has 0 aliphatic heterocycles. The van der Waals surface area contributed by atoms with Crippen LogP contribution in [0, 0.1) is 6.92 Å². The number of nitrogens with zero attached hydrogens (tertiary/aromatic N) is 1. The molecule has 0 aliphatic carbocycles. The lowest BCUT2D eigenvalue weighted by molar-refractivity contribution is 0.309. The van der Waals surface area contributed by atoms with E-state index < -0.39 is 0 Å². The Bertz CT molecular complexity index is 382. The van der Waals surface area contributed by atoms with Gasteiger partial charge in [-0.2, -0.15) is 0 Å². The van der Waals surface area contributed by atoms with E-state index in [-0.39, 0.29) is 0 Å². The van der Waals surface area contributed by atoms with E-state index in [9.17, 15) is 0 Å². The third-order valence-corrected chi connectivity index (χ3v) is 2.75. The van der Waals surface area contributed by atoms with Gasteiger partial charge >= 0.3 is 0 Å². The highest BCUT2D eigenvalue weighted by molar-refractivity contribution is 5.20. The van der Waals surface area contributed by atoms with Crippen LogP contribution in [0.1, 0.15) is 37.4 Å². The number of hydrogen-bond donors (Lipinski definition) is 1. The van der Waals surface area contributed by atoms with Gasteiger partial charge in [-0.1, -0.05) is 19.1 Å². The predicted molar refractivity (Wildman–Crippen MR) is 76.6 cm³/mol. The summed E-state index contributed by atoms with van der Waals surface area (Å²) in [6.07, 6.45) is 1.15. The van der Waals surface area contributed by atoms with Gasteiger partial charge in [0.1, 0.15) is 11.5 Å². The molecule has 3 heteroatoms. The highest BCUT2D eigenvalue weighted by atomic mass is 16.3. The summed E-state index contributed by atoms with van der Waals surface area (Å²) in [7, 11) is 2.08. The van der Waals surface area contributed by atoms with Crippen molar-refractivity contribution in [1.29, 1.82) is 0 Å². The Balaban J connectivity index is 2.52. The monoisotopic (exact) mass is 250 g/mol. The fourth-order valence-electron chi connectivity index (χ4n) is 2.01. The van der Waals surface area contributed by atoms with E-state index in [1.807, 2.05) is 6.92 Å². The molecule has 102 valence electrons. The van der Waals surface area contributed by atoms with Crippen molar-refractivity contribution < 1.29 is 4.42 Å². The molecule has 3 nitrogen and oxygen atoms in total. The number of aryl methyl sites for hydroxylation is 1. The maximum atomic E-state index is 5.88. The molecule has 18 heavy (non-hydrogen) atoms. The molecular formula is C15H26N2O. The summed E-state index contributed by atoms with van der Waals surface area (Å²) in [5.41, 5.74) is 2.41. The van der Waals surface area contributed by atoms with Crippen LogP contribution in [0.2, 0.25) is 0 Å². The smallest absolute Gasteiger partial charge is 0.120 e. The highest BCUT2D eigenvalue weighted by Crippen LogP contribution is 2.16. The quantitative estimate of drug-likeness (QED) is 0.567. The van der Waals surface area contributed by atoms with E-state index in [1.54, 1.807) is 0 Å². The van der Waals surface area contributed by atoms with Crippen LogP contribution in [0.3, 0.4) is 0 Å². The molecule has 0 amide bonds. The summed E-state index contributed by atoms with van der Waals surface area (Å²) < 4.78 is 5.88. The molecule has 1 aromatic heterocycles. The molecule has 0 aromatic carbocycles. The molecule has 0 aliphatic rings. The van der Waals surface area contributed by atoms with Crippen molar-refractivity contribution in [2.24, 2.45) is 0 Å². The van der Waals surface area contributed by atoms with Crippen LogP contribution in [0.25, 0.3) is 0 Å². The van der Waals surface area contributed by atoms with E-state index in [0.717, 1.165) is 44.1 Å². The van der Waals surface area contributed by atoms with E-state index >= 15 is 0 Å². The number of hydrogen-bond acceptors (Lipinski definition) is 3. The molecule has 1 heterocycles. The Morgan fingerprint density at radius 2 is 2.22 bits per heavy atom. The standard InChI is InChI=1S/C15H26N2O/c1-6-7-16-9-15-13(4)8-14(18-15)11-17(5)10-12(2)3/h8,16H,2,6-7,9-11H2,1,3-5H3. The van der Waals surface area contributed by atoms with Gasteiger partial charge in [0.05, 0.1) is 13.1 Å². The first-order valence-electron chi connectivity index (χ1n) is 6.64. The van der Waals surface area contributed by atoms with Crippen LogP contribution in [0.5, 0.6) is 0 Å². The first-order chi connectivity index (χ1) is 8.52. The van der Waals surface area contributed by atoms with E-state index in [0.29, 0.717) is 0 Å². The molecule has 0 saturated carbocycles. The molecule has 0 fully saturated rings. The zero-order valence-corrected chi connectivity index (χ0v) is 12.2. The lowest BCUT2D eigenvalue weighted by Crippen LogP contribution is -2.19. The van der Waals surface area contributed by atoms with Crippen LogP contribution >= 0.6 is 0 Å². The van der Waals surface area contributed by atoms with E-state index in [2.05, 4.69) is 43.8 Å². The van der Waals surface area contributed by atoms with Gasteiger partial charge in [0.25, 0.3) is 0 Å². The molecule has 1 rings (SSSR count). The summed E-state index contributed by atoms with van der Waals surface area (Å²) in [5, 5.41) is 3.37. The van der Waals surface area contributed by atoms with Crippen molar-refractivity contribution in [2.45, 2.75) is 40.3 Å². The first kappa shape index (κ1) is 15.0. The minimum Gasteiger partial charge on any atom is -0.463 e. The molecule has 1 aromatic rings. The topological polar surface area (TPSA) is 28.4 Å². The summed E-state index contributed by atoms with van der Waals surface area (Å²) in [6, 6.07) is 2.14. The van der Waals surface area contributed by atoms with Crippen molar-refractivity contribution >= 4 is 0 Å². The number of nitrogens with one attached hydrogen (secondary N) is 1. The average molecular weight is 250 g/mol. The molecule has 0 bridgehead atoms. The normalized spacial score (nSPS) is 11.2. The number of rotatable bonds is 8. The van der Waals surface area contributed by atoms with Crippen LogP contribution < -0.4 is 5.32 Å². The maximum absolute atomic E-state index is 5.88. The zero-order chi connectivity index (χ0) is 13.5.